The number of nitrogen functional groups attached to an aromatic ring is 1. The Bertz CT molecular complexity index is 3840. The van der Waals surface area contributed by atoms with Crippen LogP contribution in [0.3, 0.4) is 0 Å². The van der Waals surface area contributed by atoms with Gasteiger partial charge in [-0.05, 0) is 89.4 Å². The van der Waals surface area contributed by atoms with Crippen LogP contribution in [-0.4, -0.2) is 243 Å². The number of thioether (sulfide) groups is 4. The third-order valence-electron chi connectivity index (χ3n) is 19.1. The van der Waals surface area contributed by atoms with Crippen molar-refractivity contribution in [1.82, 2.24) is 48.8 Å². The molecule has 0 radical (unpaired) electrons. The maximum atomic E-state index is 12.9. The van der Waals surface area contributed by atoms with Crippen molar-refractivity contribution in [2.45, 2.75) is 244 Å². The molecule has 2 saturated heterocycles. The average Bonchev–Trinajstić information content (AvgIpc) is 0.765. The maximum absolute atomic E-state index is 12.9. The van der Waals surface area contributed by atoms with Crippen LogP contribution in [0.1, 0.15) is 178 Å². The van der Waals surface area contributed by atoms with Crippen molar-refractivity contribution < 1.29 is 87.6 Å². The topological polar surface area (TPSA) is 442 Å². The van der Waals surface area contributed by atoms with Gasteiger partial charge < -0.3 is 82.0 Å². The number of hydrogen-bond acceptors (Lipinski definition) is 31. The Hall–Kier alpha value is -5.01. The molecule has 0 aliphatic carbocycles. The van der Waals surface area contributed by atoms with E-state index in [9.17, 15) is 53.7 Å². The molecule has 6 rings (SSSR count). The second-order valence-corrected chi connectivity index (χ2v) is 53.9. The average molecular weight is 1770 g/mol. The molecule has 33 nitrogen and oxygen atoms in total. The number of anilines is 1. The van der Waals surface area contributed by atoms with Crippen LogP contribution in [0.2, 0.25) is 44.3 Å². The van der Waals surface area contributed by atoms with Crippen molar-refractivity contribution in [1.29, 1.82) is 0 Å². The predicted molar refractivity (Wildman–Crippen MR) is 460 cm³/mol. The number of nitrogens with one attached hydrogen (secondary N) is 2. The number of carbonyl (C=O) groups excluding carboxylic acids is 4. The molecule has 0 aromatic carbocycles. The maximum Gasteiger partial charge on any atom is 0.350 e. The SMILES string of the molecule is CNC(=O)CCC(=O)OCC(SC1CO[Si](C(C)C)(C(C)C)O[Si](C(C)C)(C(C)C)OC1)n1ccc(C)nc1=O.Cc1ccn(C(CO)SC2CO[Si](C(C)C)(C(C)C)O[Si](C(C)C)(C(C)C)OC2)c(=O)n1.Nc1ccn(C(CO)SC(CO)CO)c(=O)n1.[2H]C([3H])OCC(CO)SC(COC(=O)CCC(=O)NC)n1ccc(C)nc1=O. The minimum absolute atomic E-state index is 0.0132. The van der Waals surface area contributed by atoms with Crippen LogP contribution >= 0.6 is 47.0 Å². The largest absolute Gasteiger partial charge is 0.463 e. The van der Waals surface area contributed by atoms with Gasteiger partial charge in [0.15, 0.2) is 0 Å². The highest BCUT2D eigenvalue weighted by Gasteiger charge is 2.59. The van der Waals surface area contributed by atoms with Gasteiger partial charge in [-0.2, -0.15) is 19.9 Å². The summed E-state index contributed by atoms with van der Waals surface area (Å²) in [7, 11) is -9.14. The summed E-state index contributed by atoms with van der Waals surface area (Å²) >= 11 is 5.20. The molecule has 115 heavy (non-hydrogen) atoms. The first kappa shape index (κ1) is 101. The summed E-state index contributed by atoms with van der Waals surface area (Å²) in [6, 6.07) is 6.61. The number of esters is 2. The standard InChI is InChI=1S/C27H49N3O7SSi2.C22H42N2O5SSi2.C16H25N3O6S.C9H15N3O4S/c1-18(2)39(19(3)4)35-15-23(16-36-40(37-39,20(5)6)21(7)8)38-25(30-14-13-22(9)29-27(30)33)17-34-26(32)12-11-24(31)28-10;1-15(2)31(16(3)4)27-13-20(14-28-32(29-31,17(5)6)18(7)8)30-21(12-25)24-11-10-19(9)23-22(24)26;1-11-6-7-19(16(23)18-11)14(26-12(8-20)9-24-3)10-25-15(22)5-4-13(21)17-2;10-7-1-2-12(9(16)11-7)8(5-15)17-6(3-13)4-14/h13-14,18-21,23,25H,11-12,15-17H2,1-10H3,(H,28,31);10-11,15-18,20-21,25H,12-14H2,1-9H3;6-7,12,14,20H,4-5,8-10H2,1-3H3,(H,17,21);1-2,6,8,13-15H,3-5H2,(H2,10,11,16)/i;;3TD;. The smallest absolute Gasteiger partial charge is 0.350 e. The molecule has 6 unspecified atom stereocenters. The third-order valence-corrected chi connectivity index (χ3v) is 45.0. The predicted octanol–water partition coefficient (Wildman–Crippen LogP) is 7.80. The van der Waals surface area contributed by atoms with E-state index in [-0.39, 0.29) is 157 Å². The van der Waals surface area contributed by atoms with Gasteiger partial charge in [-0.25, -0.2) is 19.2 Å². The molecule has 4 aromatic rings. The highest BCUT2D eigenvalue weighted by atomic mass is 32.2. The van der Waals surface area contributed by atoms with Crippen molar-refractivity contribution >= 4 is 111 Å². The minimum Gasteiger partial charge on any atom is -0.463 e. The van der Waals surface area contributed by atoms with Crippen molar-refractivity contribution in [3.63, 3.8) is 0 Å². The highest BCUT2D eigenvalue weighted by Crippen LogP contribution is 2.48. The molecule has 9 N–H and O–H groups in total. The summed E-state index contributed by atoms with van der Waals surface area (Å²) in [5, 5.41) is 48.1. The monoisotopic (exact) mass is 1770 g/mol. The fourth-order valence-corrected chi connectivity index (χ4v) is 39.9. The quantitative estimate of drug-likeness (QED) is 0.0158. The van der Waals surface area contributed by atoms with Crippen LogP contribution in [0, 0.1) is 20.8 Å². The molecule has 6 heterocycles. The van der Waals surface area contributed by atoms with E-state index < -0.39 is 102 Å². The van der Waals surface area contributed by atoms with Gasteiger partial charge in [-0.15, -0.1) is 47.0 Å². The first-order valence-corrected chi connectivity index (χ1v) is 50.4. The first-order valence-electron chi connectivity index (χ1n) is 39.9. The lowest BCUT2D eigenvalue weighted by Gasteiger charge is -2.50. The number of carbonyl (C=O) groups is 4. The normalized spacial score (nSPS) is 17.6. The van der Waals surface area contributed by atoms with Crippen molar-refractivity contribution in [2.75, 3.05) is 106 Å². The Morgan fingerprint density at radius 1 is 0.478 bits per heavy atom. The Morgan fingerprint density at radius 3 is 1.10 bits per heavy atom. The van der Waals surface area contributed by atoms with Crippen molar-refractivity contribution in [2.24, 2.45) is 0 Å². The molecule has 2 amide bonds. The van der Waals surface area contributed by atoms with Gasteiger partial charge >= 0.3 is 68.9 Å². The molecule has 6 atom stereocenters. The van der Waals surface area contributed by atoms with Gasteiger partial charge in [-0.1, -0.05) is 111 Å². The lowest BCUT2D eigenvalue weighted by atomic mass is 10.3. The number of methoxy groups -OCH3 is 1. The van der Waals surface area contributed by atoms with Gasteiger partial charge in [0, 0.05) is 75.9 Å². The molecule has 2 aliphatic rings. The Kier molecular flexibility index (Phi) is 44.5. The number of aromatic nitrogens is 8. The summed E-state index contributed by atoms with van der Waals surface area (Å²) in [6.45, 7) is 40.3. The summed E-state index contributed by atoms with van der Waals surface area (Å²) < 4.78 is 76.7. The zero-order valence-corrected chi connectivity index (χ0v) is 78.0. The first-order chi connectivity index (χ1) is 54.9. The van der Waals surface area contributed by atoms with Crippen LogP contribution < -0.4 is 39.1 Å². The molecular formula is C74H131N11O22S4Si4. The zero-order valence-electron chi connectivity index (χ0n) is 72.7. The van der Waals surface area contributed by atoms with Crippen LogP contribution in [0.25, 0.3) is 0 Å². The number of hydrogen-bond donors (Lipinski definition) is 8. The van der Waals surface area contributed by atoms with Gasteiger partial charge in [0.2, 0.25) is 11.8 Å². The van der Waals surface area contributed by atoms with E-state index in [0.29, 0.717) is 43.5 Å². The number of rotatable bonds is 37. The third kappa shape index (κ3) is 31.2. The summed E-state index contributed by atoms with van der Waals surface area (Å²) in [5.41, 5.74) is 7.20. The fourth-order valence-electron chi connectivity index (χ4n) is 12.7. The number of aliphatic hydroxyl groups is 5. The molecule has 2 aliphatic heterocycles. The zero-order chi connectivity index (χ0) is 88.5. The molecular weight excluding hydrogens is 1640 g/mol. The number of nitrogens with two attached hydrogens (primary N) is 1. The lowest BCUT2D eigenvalue weighted by molar-refractivity contribution is -0.145. The van der Waals surface area contributed by atoms with Crippen molar-refractivity contribution in [3.8, 4) is 0 Å². The Balaban J connectivity index is 0.000000418. The molecule has 0 saturated carbocycles. The van der Waals surface area contributed by atoms with Crippen LogP contribution in [0.15, 0.2) is 68.2 Å². The second kappa shape index (κ2) is 50.9. The number of aliphatic hydroxyl groups excluding tert-OH is 5. The van der Waals surface area contributed by atoms with E-state index in [1.165, 1.54) is 74.3 Å². The van der Waals surface area contributed by atoms with Gasteiger partial charge in [0.05, 0.1) is 103 Å². The Morgan fingerprint density at radius 2 is 0.783 bits per heavy atom. The second-order valence-electron chi connectivity index (χ2n) is 30.2. The molecule has 4 aromatic heterocycles. The molecule has 0 spiro atoms. The van der Waals surface area contributed by atoms with Gasteiger partial charge in [0.25, 0.3) is 0 Å². The van der Waals surface area contributed by atoms with E-state index in [0.717, 1.165) is 23.5 Å². The number of nitrogens with zero attached hydrogens (tertiary/aromatic N) is 8. The Labute approximate surface area is 701 Å². The molecule has 41 heteroatoms. The van der Waals surface area contributed by atoms with Crippen LogP contribution in [-0.2, 0) is 59.3 Å². The number of amides is 2. The highest BCUT2D eigenvalue weighted by molar-refractivity contribution is 8.00. The summed E-state index contributed by atoms with van der Waals surface area (Å²) in [6.07, 6.45) is 6.19. The van der Waals surface area contributed by atoms with Crippen molar-refractivity contribution in [3.05, 3.63) is 108 Å². The molecule has 2 fully saturated rings. The van der Waals surface area contributed by atoms with E-state index in [1.807, 2.05) is 0 Å². The van der Waals surface area contributed by atoms with Gasteiger partial charge in [-0.3, -0.25) is 37.4 Å². The van der Waals surface area contributed by atoms with E-state index in [4.69, 9.17) is 58.8 Å². The summed E-state index contributed by atoms with van der Waals surface area (Å²) in [5.74, 6) is -1.53. The van der Waals surface area contributed by atoms with E-state index in [1.54, 1.807) is 51.4 Å². The summed E-state index contributed by atoms with van der Waals surface area (Å²) in [4.78, 5) is 112. The number of aryl methyl sites for hydroxylation is 3. The lowest BCUT2D eigenvalue weighted by Crippen LogP contribution is -2.63. The molecule has 0 bridgehead atoms. The molecule has 654 valence electrons. The van der Waals surface area contributed by atoms with Crippen LogP contribution in [0.5, 0.6) is 0 Å². The van der Waals surface area contributed by atoms with Crippen LogP contribution in [0.4, 0.5) is 5.82 Å². The van der Waals surface area contributed by atoms with E-state index >= 15 is 0 Å². The van der Waals surface area contributed by atoms with Gasteiger partial charge in [0.1, 0.15) is 40.5 Å². The number of ether oxygens (including phenoxy) is 3. The minimum atomic E-state index is -2.71. The fraction of sp³-hybridized carbons (Fsp3) is 0.730. The van der Waals surface area contributed by atoms with E-state index in [2.05, 4.69) is 141 Å².